The van der Waals surface area contributed by atoms with Gasteiger partial charge in [-0.15, -0.1) is 12.4 Å². The van der Waals surface area contributed by atoms with E-state index in [4.69, 9.17) is 18.9 Å². The van der Waals surface area contributed by atoms with Crippen LogP contribution in [0.1, 0.15) is 43.9 Å². The molecule has 0 N–H and O–H groups in total. The van der Waals surface area contributed by atoms with E-state index >= 15 is 0 Å². The topological polar surface area (TPSA) is 74.3 Å². The molecule has 8 heteroatoms. The van der Waals surface area contributed by atoms with Crippen molar-refractivity contribution in [3.05, 3.63) is 41.5 Å². The van der Waals surface area contributed by atoms with Gasteiger partial charge in [-0.05, 0) is 70.8 Å². The van der Waals surface area contributed by atoms with Crippen LogP contribution in [-0.4, -0.2) is 43.6 Å². The molecule has 34 heavy (non-hydrogen) atoms. The van der Waals surface area contributed by atoms with E-state index < -0.39 is 0 Å². The second-order valence-corrected chi connectivity index (χ2v) is 8.66. The van der Waals surface area contributed by atoms with E-state index in [9.17, 15) is 9.59 Å². The van der Waals surface area contributed by atoms with Crippen molar-refractivity contribution in [3.63, 3.8) is 0 Å². The van der Waals surface area contributed by atoms with Crippen LogP contribution >= 0.6 is 12.4 Å². The fourth-order valence-corrected chi connectivity index (χ4v) is 5.47. The highest BCUT2D eigenvalue weighted by Gasteiger charge is 2.41. The number of ether oxygens (including phenoxy) is 4. The fourth-order valence-electron chi connectivity index (χ4n) is 5.47. The van der Waals surface area contributed by atoms with E-state index in [1.165, 1.54) is 13.8 Å². The first-order valence-corrected chi connectivity index (χ1v) is 11.1. The van der Waals surface area contributed by atoms with E-state index in [-0.39, 0.29) is 36.5 Å². The van der Waals surface area contributed by atoms with Gasteiger partial charge in [-0.1, -0.05) is 6.07 Å². The summed E-state index contributed by atoms with van der Waals surface area (Å²) in [5, 5.41) is 3.87. The Balaban J connectivity index is 0.00000274. The summed E-state index contributed by atoms with van der Waals surface area (Å²) in [7, 11) is 3.23. The second-order valence-electron chi connectivity index (χ2n) is 8.66. The lowest BCUT2D eigenvalue weighted by Crippen LogP contribution is -2.40. The number of nitrogens with zero attached hydrogens (tertiary/aromatic N) is 1. The number of hydrogen-bond acceptors (Lipinski definition) is 7. The minimum Gasteiger partial charge on any atom is -0.493 e. The molecule has 2 aliphatic rings. The SMILES string of the molecule is COc1cc2c3c(c4ccc(OC(C)=O)cc4c2cc1OC)[C@H](OC(C)=O)[C@@H]1CCCN1C3.Cl. The Hall–Kier alpha value is -3.03. The lowest BCUT2D eigenvalue weighted by atomic mass is 9.83. The van der Waals surface area contributed by atoms with Gasteiger partial charge >= 0.3 is 11.9 Å². The maximum atomic E-state index is 12.1. The van der Waals surface area contributed by atoms with Crippen molar-refractivity contribution in [2.75, 3.05) is 20.8 Å². The fraction of sp³-hybridized carbons (Fsp3) is 0.385. The maximum absolute atomic E-state index is 12.1. The first kappa shape index (κ1) is 24.1. The summed E-state index contributed by atoms with van der Waals surface area (Å²) < 4.78 is 22.5. The zero-order chi connectivity index (χ0) is 23.3. The molecule has 0 spiro atoms. The Bertz CT molecular complexity index is 1290. The first-order valence-electron chi connectivity index (χ1n) is 11.1. The molecule has 0 bridgehead atoms. The molecular formula is C26H28ClNO6. The number of methoxy groups -OCH3 is 2. The molecule has 0 amide bonds. The van der Waals surface area contributed by atoms with E-state index in [0.717, 1.165) is 58.6 Å². The molecule has 2 aliphatic heterocycles. The summed E-state index contributed by atoms with van der Waals surface area (Å²) in [6.07, 6.45) is 1.68. The molecule has 180 valence electrons. The number of fused-ring (bicyclic) bond motifs is 7. The largest absolute Gasteiger partial charge is 0.493 e. The molecule has 3 aromatic carbocycles. The molecule has 3 aromatic rings. The predicted molar refractivity (Wildman–Crippen MR) is 131 cm³/mol. The molecule has 2 atom stereocenters. The third-order valence-corrected chi connectivity index (χ3v) is 6.71. The number of halogens is 1. The van der Waals surface area contributed by atoms with Gasteiger partial charge in [0.1, 0.15) is 11.9 Å². The van der Waals surface area contributed by atoms with Gasteiger partial charge in [-0.2, -0.15) is 0 Å². The summed E-state index contributed by atoms with van der Waals surface area (Å²) >= 11 is 0. The van der Waals surface area contributed by atoms with Crippen LogP contribution in [-0.2, 0) is 20.9 Å². The van der Waals surface area contributed by atoms with Crippen molar-refractivity contribution >= 4 is 45.9 Å². The lowest BCUT2D eigenvalue weighted by molar-refractivity contribution is -0.150. The van der Waals surface area contributed by atoms with Crippen molar-refractivity contribution < 1.29 is 28.5 Å². The van der Waals surface area contributed by atoms with Crippen LogP contribution < -0.4 is 14.2 Å². The molecule has 2 heterocycles. The van der Waals surface area contributed by atoms with Gasteiger partial charge in [-0.25, -0.2) is 0 Å². The third-order valence-electron chi connectivity index (χ3n) is 6.71. The van der Waals surface area contributed by atoms with E-state index in [2.05, 4.69) is 4.90 Å². The van der Waals surface area contributed by atoms with Crippen molar-refractivity contribution in [3.8, 4) is 17.2 Å². The Morgan fingerprint density at radius 3 is 2.24 bits per heavy atom. The number of carbonyl (C=O) groups is 2. The van der Waals surface area contributed by atoms with Crippen LogP contribution in [0.4, 0.5) is 0 Å². The summed E-state index contributed by atoms with van der Waals surface area (Å²) in [6, 6.07) is 9.73. The zero-order valence-electron chi connectivity index (χ0n) is 19.7. The number of hydrogen-bond donors (Lipinski definition) is 0. The minimum atomic E-state index is -0.379. The summed E-state index contributed by atoms with van der Waals surface area (Å²) in [6.45, 7) is 4.59. The summed E-state index contributed by atoms with van der Waals surface area (Å²) in [5.74, 6) is 1.05. The first-order chi connectivity index (χ1) is 15.9. The predicted octanol–water partition coefficient (Wildman–Crippen LogP) is 4.94. The molecular weight excluding hydrogens is 458 g/mol. The number of esters is 2. The second kappa shape index (κ2) is 9.31. The highest BCUT2D eigenvalue weighted by atomic mass is 35.5. The van der Waals surface area contributed by atoms with Crippen LogP contribution in [0, 0.1) is 0 Å². The van der Waals surface area contributed by atoms with Gasteiger partial charge in [0.05, 0.1) is 20.3 Å². The average Bonchev–Trinajstić information content (AvgIpc) is 3.26. The summed E-state index contributed by atoms with van der Waals surface area (Å²) in [4.78, 5) is 26.1. The van der Waals surface area contributed by atoms with Crippen molar-refractivity contribution in [2.24, 2.45) is 0 Å². The van der Waals surface area contributed by atoms with E-state index in [1.807, 2.05) is 24.3 Å². The van der Waals surface area contributed by atoms with Crippen molar-refractivity contribution in [1.82, 2.24) is 4.90 Å². The molecule has 7 nitrogen and oxygen atoms in total. The Labute approximate surface area is 204 Å². The molecule has 0 aromatic heterocycles. The van der Waals surface area contributed by atoms with Crippen LogP contribution in [0.5, 0.6) is 17.2 Å². The van der Waals surface area contributed by atoms with Crippen molar-refractivity contribution in [2.45, 2.75) is 45.4 Å². The maximum Gasteiger partial charge on any atom is 0.308 e. The van der Waals surface area contributed by atoms with Crippen LogP contribution in [0.2, 0.25) is 0 Å². The molecule has 1 fully saturated rings. The molecule has 0 aliphatic carbocycles. The Morgan fingerprint density at radius 1 is 0.912 bits per heavy atom. The highest BCUT2D eigenvalue weighted by Crippen LogP contribution is 2.48. The van der Waals surface area contributed by atoms with Crippen LogP contribution in [0.3, 0.4) is 0 Å². The monoisotopic (exact) mass is 485 g/mol. The van der Waals surface area contributed by atoms with Crippen LogP contribution in [0.15, 0.2) is 30.3 Å². The molecule has 0 unspecified atom stereocenters. The summed E-state index contributed by atoms with van der Waals surface area (Å²) in [5.41, 5.74) is 2.15. The van der Waals surface area contributed by atoms with Gasteiger partial charge in [-0.3, -0.25) is 14.5 Å². The molecule has 0 saturated carbocycles. The van der Waals surface area contributed by atoms with Gasteiger partial charge in [0.25, 0.3) is 0 Å². The third kappa shape index (κ3) is 3.93. The lowest BCUT2D eigenvalue weighted by Gasteiger charge is -2.39. The van der Waals surface area contributed by atoms with Crippen LogP contribution in [0.25, 0.3) is 21.5 Å². The highest BCUT2D eigenvalue weighted by molar-refractivity contribution is 6.12. The van der Waals surface area contributed by atoms with Crippen molar-refractivity contribution in [1.29, 1.82) is 0 Å². The quantitative estimate of drug-likeness (QED) is 0.294. The van der Waals surface area contributed by atoms with Gasteiger partial charge in [0.2, 0.25) is 0 Å². The smallest absolute Gasteiger partial charge is 0.308 e. The molecule has 1 saturated heterocycles. The Kier molecular flexibility index (Phi) is 6.60. The van der Waals surface area contributed by atoms with Gasteiger partial charge in [0.15, 0.2) is 11.5 Å². The molecule has 5 rings (SSSR count). The number of rotatable bonds is 4. The van der Waals surface area contributed by atoms with Gasteiger partial charge < -0.3 is 18.9 Å². The standard InChI is InChI=1S/C26H27NO6.ClH/c1-14(28)32-16-7-8-17-18(10-16)19-11-23(30-3)24(31-4)12-20(19)21-13-27-9-5-6-22(27)26(25(17)21)33-15(2)29;/h7-8,10-12,22,26H,5-6,9,13H2,1-4H3;1H/t22-,26+;/m0./s1. The van der Waals surface area contributed by atoms with E-state index in [1.54, 1.807) is 20.3 Å². The minimum absolute atomic E-state index is 0. The van der Waals surface area contributed by atoms with Gasteiger partial charge in [0, 0.05) is 26.0 Å². The normalized spacial score (nSPS) is 19.2. The zero-order valence-corrected chi connectivity index (χ0v) is 20.5. The average molecular weight is 486 g/mol. The molecule has 0 radical (unpaired) electrons. The number of carbonyl (C=O) groups excluding carboxylic acids is 2. The number of benzene rings is 3. The van der Waals surface area contributed by atoms with E-state index in [0.29, 0.717) is 17.2 Å². The Morgan fingerprint density at radius 2 is 1.59 bits per heavy atom.